The third kappa shape index (κ3) is 3.52. The van der Waals surface area contributed by atoms with Gasteiger partial charge in [0, 0.05) is 13.0 Å². The number of hydrogen-bond donors (Lipinski definition) is 1. The van der Waals surface area contributed by atoms with E-state index in [2.05, 4.69) is 10.3 Å². The lowest BCUT2D eigenvalue weighted by Gasteiger charge is -2.11. The first kappa shape index (κ1) is 14.6. The van der Waals surface area contributed by atoms with Crippen LogP contribution in [0.15, 0.2) is 11.2 Å². The second kappa shape index (κ2) is 5.94. The Morgan fingerprint density at radius 3 is 2.72 bits per heavy atom. The topological polar surface area (TPSA) is 93.9 Å². The van der Waals surface area contributed by atoms with Gasteiger partial charge in [-0.1, -0.05) is 31.9 Å². The summed E-state index contributed by atoms with van der Waals surface area (Å²) >= 11 is 0. The average molecular weight is 274 g/mol. The molecule has 0 aliphatic rings. The fraction of sp³-hybridized carbons (Fsp3) is 0.700. The number of hydrogen-bond acceptors (Lipinski definition) is 5. The number of rotatable bonds is 6. The number of carbonyl (C=O) groups excluding carboxylic acids is 1. The molecule has 102 valence electrons. The number of nitrogens with zero attached hydrogens (tertiary/aromatic N) is 3. The molecule has 0 aliphatic heterocycles. The maximum atomic E-state index is 11.9. The van der Waals surface area contributed by atoms with E-state index in [-0.39, 0.29) is 10.9 Å². The number of unbranched alkanes of at least 4 members (excludes halogenated alkanes) is 1. The Morgan fingerprint density at radius 1 is 1.56 bits per heavy atom. The van der Waals surface area contributed by atoms with Crippen LogP contribution in [0.1, 0.15) is 33.1 Å². The Kier molecular flexibility index (Phi) is 4.83. The quantitative estimate of drug-likeness (QED) is 0.812. The SMILES string of the molecule is CCCC[C@H](C)C(=O)NS(=O)(=O)c1cnnn1C. The fourth-order valence-corrected chi connectivity index (χ4v) is 2.59. The standard InChI is InChI=1S/C10H18N4O3S/c1-4-5-6-8(2)10(15)12-18(16,17)9-7-11-13-14(9)3/h7-8H,4-6H2,1-3H3,(H,12,15)/t8-/m0/s1. The van der Waals surface area contributed by atoms with E-state index in [1.54, 1.807) is 6.92 Å². The number of carbonyl (C=O) groups is 1. The molecule has 0 aromatic carbocycles. The zero-order valence-electron chi connectivity index (χ0n) is 10.8. The van der Waals surface area contributed by atoms with E-state index in [9.17, 15) is 13.2 Å². The summed E-state index contributed by atoms with van der Waals surface area (Å²) in [6.45, 7) is 3.73. The summed E-state index contributed by atoms with van der Waals surface area (Å²) in [4.78, 5) is 11.7. The van der Waals surface area contributed by atoms with Crippen molar-refractivity contribution < 1.29 is 13.2 Å². The molecule has 8 heteroatoms. The first-order valence-corrected chi connectivity index (χ1v) is 7.28. The van der Waals surface area contributed by atoms with Crippen LogP contribution in [-0.4, -0.2) is 29.3 Å². The monoisotopic (exact) mass is 274 g/mol. The summed E-state index contributed by atoms with van der Waals surface area (Å²) in [5, 5.41) is 6.87. The number of amides is 1. The summed E-state index contributed by atoms with van der Waals surface area (Å²) in [5.74, 6) is -0.828. The van der Waals surface area contributed by atoms with E-state index < -0.39 is 15.9 Å². The molecule has 1 aromatic rings. The van der Waals surface area contributed by atoms with Gasteiger partial charge >= 0.3 is 0 Å². The maximum Gasteiger partial charge on any atom is 0.282 e. The lowest BCUT2D eigenvalue weighted by atomic mass is 10.0. The van der Waals surface area contributed by atoms with Crippen molar-refractivity contribution >= 4 is 15.9 Å². The fourth-order valence-electron chi connectivity index (χ4n) is 1.45. The van der Waals surface area contributed by atoms with Crippen LogP contribution in [0.5, 0.6) is 0 Å². The van der Waals surface area contributed by atoms with Crippen LogP contribution >= 0.6 is 0 Å². The van der Waals surface area contributed by atoms with Crippen LogP contribution in [0.2, 0.25) is 0 Å². The number of sulfonamides is 1. The van der Waals surface area contributed by atoms with Gasteiger partial charge < -0.3 is 0 Å². The highest BCUT2D eigenvalue weighted by atomic mass is 32.2. The molecule has 0 fully saturated rings. The van der Waals surface area contributed by atoms with Crippen LogP contribution in [0, 0.1) is 5.92 Å². The Morgan fingerprint density at radius 2 is 2.22 bits per heavy atom. The van der Waals surface area contributed by atoms with Crippen molar-refractivity contribution in [2.24, 2.45) is 13.0 Å². The van der Waals surface area contributed by atoms with E-state index in [0.29, 0.717) is 6.42 Å². The lowest BCUT2D eigenvalue weighted by molar-refractivity contribution is -0.122. The van der Waals surface area contributed by atoms with E-state index >= 15 is 0 Å². The zero-order chi connectivity index (χ0) is 13.8. The van der Waals surface area contributed by atoms with Crippen molar-refractivity contribution in [1.29, 1.82) is 0 Å². The van der Waals surface area contributed by atoms with Gasteiger partial charge in [0.15, 0.2) is 5.03 Å². The van der Waals surface area contributed by atoms with Crippen molar-refractivity contribution in [1.82, 2.24) is 19.7 Å². The van der Waals surface area contributed by atoms with Crippen LogP contribution in [0.3, 0.4) is 0 Å². The first-order valence-electron chi connectivity index (χ1n) is 5.79. The number of aryl methyl sites for hydroxylation is 1. The molecule has 0 saturated heterocycles. The molecule has 1 atom stereocenters. The Bertz CT molecular complexity index is 509. The van der Waals surface area contributed by atoms with Gasteiger partial charge in [0.1, 0.15) is 0 Å². The van der Waals surface area contributed by atoms with Crippen LogP contribution in [0.25, 0.3) is 0 Å². The lowest BCUT2D eigenvalue weighted by Crippen LogP contribution is -2.35. The Hall–Kier alpha value is -1.44. The molecule has 7 nitrogen and oxygen atoms in total. The second-order valence-corrected chi connectivity index (χ2v) is 5.84. The molecule has 0 radical (unpaired) electrons. The molecule has 1 rings (SSSR count). The molecule has 0 spiro atoms. The minimum atomic E-state index is -3.88. The highest BCUT2D eigenvalue weighted by Gasteiger charge is 2.24. The summed E-state index contributed by atoms with van der Waals surface area (Å²) in [5.41, 5.74) is 0. The molecule has 0 unspecified atom stereocenters. The maximum absolute atomic E-state index is 11.9. The number of nitrogens with one attached hydrogen (secondary N) is 1. The summed E-state index contributed by atoms with van der Waals surface area (Å²) in [6, 6.07) is 0. The van der Waals surface area contributed by atoms with Crippen LogP contribution in [-0.2, 0) is 21.9 Å². The molecule has 18 heavy (non-hydrogen) atoms. The minimum Gasteiger partial charge on any atom is -0.274 e. The summed E-state index contributed by atoms with van der Waals surface area (Å²) in [6.07, 6.45) is 3.63. The zero-order valence-corrected chi connectivity index (χ0v) is 11.6. The van der Waals surface area contributed by atoms with Gasteiger partial charge in [0.2, 0.25) is 5.91 Å². The van der Waals surface area contributed by atoms with Crippen molar-refractivity contribution in [2.75, 3.05) is 0 Å². The molecule has 0 saturated carbocycles. The Labute approximate surface area is 107 Å². The van der Waals surface area contributed by atoms with Gasteiger partial charge in [0.05, 0.1) is 6.20 Å². The third-order valence-corrected chi connectivity index (χ3v) is 4.01. The minimum absolute atomic E-state index is 0.126. The smallest absolute Gasteiger partial charge is 0.274 e. The van der Waals surface area contributed by atoms with Gasteiger partial charge in [-0.05, 0) is 6.42 Å². The predicted octanol–water partition coefficient (Wildman–Crippen LogP) is 0.446. The summed E-state index contributed by atoms with van der Waals surface area (Å²) < 4.78 is 26.9. The molecule has 1 heterocycles. The van der Waals surface area contributed by atoms with Crippen LogP contribution < -0.4 is 4.72 Å². The van der Waals surface area contributed by atoms with E-state index in [0.717, 1.165) is 23.7 Å². The molecule has 1 amide bonds. The van der Waals surface area contributed by atoms with Crippen molar-refractivity contribution in [3.63, 3.8) is 0 Å². The third-order valence-electron chi connectivity index (χ3n) is 2.62. The van der Waals surface area contributed by atoms with E-state index in [1.807, 2.05) is 11.6 Å². The number of aromatic nitrogens is 3. The van der Waals surface area contributed by atoms with Gasteiger partial charge in [-0.25, -0.2) is 9.40 Å². The second-order valence-electron chi connectivity index (χ2n) is 4.21. The van der Waals surface area contributed by atoms with Gasteiger partial charge in [0.25, 0.3) is 10.0 Å². The Balaban J connectivity index is 2.73. The largest absolute Gasteiger partial charge is 0.282 e. The van der Waals surface area contributed by atoms with Crippen molar-refractivity contribution in [2.45, 2.75) is 38.1 Å². The van der Waals surface area contributed by atoms with E-state index in [1.165, 1.54) is 7.05 Å². The molecule has 0 bridgehead atoms. The van der Waals surface area contributed by atoms with Gasteiger partial charge in [-0.2, -0.15) is 8.42 Å². The van der Waals surface area contributed by atoms with Crippen molar-refractivity contribution in [3.05, 3.63) is 6.20 Å². The molecular weight excluding hydrogens is 256 g/mol. The van der Waals surface area contributed by atoms with Crippen molar-refractivity contribution in [3.8, 4) is 0 Å². The van der Waals surface area contributed by atoms with Gasteiger partial charge in [-0.3, -0.25) is 4.79 Å². The molecule has 1 aromatic heterocycles. The van der Waals surface area contributed by atoms with Crippen LogP contribution in [0.4, 0.5) is 0 Å². The molecule has 1 N–H and O–H groups in total. The van der Waals surface area contributed by atoms with Gasteiger partial charge in [-0.15, -0.1) is 5.10 Å². The predicted molar refractivity (Wildman–Crippen MR) is 65.0 cm³/mol. The normalized spacial score (nSPS) is 13.3. The highest BCUT2D eigenvalue weighted by molar-refractivity contribution is 7.90. The van der Waals surface area contributed by atoms with E-state index in [4.69, 9.17) is 0 Å². The molecular formula is C10H18N4O3S. The average Bonchev–Trinajstić information content (AvgIpc) is 2.72. The highest BCUT2D eigenvalue weighted by Crippen LogP contribution is 2.10. The molecule has 0 aliphatic carbocycles. The summed E-state index contributed by atoms with van der Waals surface area (Å²) in [7, 11) is -2.43. The first-order chi connectivity index (χ1) is 8.38.